The zero-order valence-corrected chi connectivity index (χ0v) is 42.0. The molecule has 7 heteroatoms. The summed E-state index contributed by atoms with van der Waals surface area (Å²) in [5.41, 5.74) is 3.56. The maximum Gasteiger partial charge on any atom is 0.192 e. The summed E-state index contributed by atoms with van der Waals surface area (Å²) in [6.45, 7) is 49.4. The molecule has 0 aromatic rings. The molecule has 0 aromatic carbocycles. The molecule has 0 aliphatic heterocycles. The van der Waals surface area contributed by atoms with Crippen LogP contribution < -0.4 is 0 Å². The topological polar surface area (TPSA) is 47.9 Å². The van der Waals surface area contributed by atoms with Gasteiger partial charge in [-0.25, -0.2) is 0 Å². The average Bonchev–Trinajstić information content (AvgIpc) is 3.37. The third kappa shape index (κ3) is 10.9. The van der Waals surface area contributed by atoms with Crippen molar-refractivity contribution in [2.45, 2.75) is 214 Å². The van der Waals surface area contributed by atoms with Crippen molar-refractivity contribution in [1.29, 1.82) is 0 Å². The molecule has 3 saturated carbocycles. The average molecular weight is 801 g/mol. The molecule has 3 fully saturated rings. The molecule has 0 radical (unpaired) electrons. The largest absolute Gasteiger partial charge is 0.414 e. The highest BCUT2D eigenvalue weighted by molar-refractivity contribution is 6.75. The molecule has 3 aliphatic rings. The summed E-state index contributed by atoms with van der Waals surface area (Å²) in [4.78, 5) is 0. The molecule has 3 aliphatic carbocycles. The molecule has 0 bridgehead atoms. The van der Waals surface area contributed by atoms with Crippen LogP contribution in [0.15, 0.2) is 47.6 Å². The molecule has 0 aromatic heterocycles. The van der Waals surface area contributed by atoms with Gasteiger partial charge < -0.3 is 18.4 Å². The van der Waals surface area contributed by atoms with Crippen molar-refractivity contribution in [3.8, 4) is 0 Å². The number of aliphatic hydroxyl groups is 1. The summed E-state index contributed by atoms with van der Waals surface area (Å²) < 4.78 is 20.8. The highest BCUT2D eigenvalue weighted by Gasteiger charge is 2.51. The first kappa shape index (κ1) is 47.8. The third-order valence-corrected chi connectivity index (χ3v) is 29.7. The second kappa shape index (κ2) is 17.0. The summed E-state index contributed by atoms with van der Waals surface area (Å²) in [5, 5.41) is 11.8. The maximum atomic E-state index is 11.3. The summed E-state index contributed by atoms with van der Waals surface area (Å²) in [7, 11) is -5.95. The molecule has 0 amide bonds. The molecule has 0 unspecified atom stereocenters. The van der Waals surface area contributed by atoms with E-state index in [0.29, 0.717) is 42.1 Å². The molecule has 3 rings (SSSR count). The molecule has 312 valence electrons. The van der Waals surface area contributed by atoms with E-state index in [9.17, 15) is 5.11 Å². The van der Waals surface area contributed by atoms with Crippen LogP contribution in [-0.4, -0.2) is 54.5 Å². The monoisotopic (exact) mass is 801 g/mol. The van der Waals surface area contributed by atoms with Crippen molar-refractivity contribution < 1.29 is 18.4 Å². The van der Waals surface area contributed by atoms with E-state index in [0.717, 1.165) is 12.8 Å². The lowest BCUT2D eigenvalue weighted by Gasteiger charge is -2.45. The van der Waals surface area contributed by atoms with Gasteiger partial charge in [0.05, 0.1) is 24.4 Å². The van der Waals surface area contributed by atoms with Gasteiger partial charge in [0.25, 0.3) is 0 Å². The fourth-order valence-electron chi connectivity index (χ4n) is 8.86. The van der Waals surface area contributed by atoms with Gasteiger partial charge in [-0.15, -0.1) is 0 Å². The minimum absolute atomic E-state index is 0.00645. The van der Waals surface area contributed by atoms with Crippen molar-refractivity contribution in [2.75, 3.05) is 6.61 Å². The Morgan fingerprint density at radius 3 is 1.98 bits per heavy atom. The van der Waals surface area contributed by atoms with E-state index in [2.05, 4.69) is 147 Å². The number of hydrogen-bond donors (Lipinski definition) is 1. The minimum Gasteiger partial charge on any atom is -0.414 e. The Bertz CT molecular complexity index is 1390. The summed E-state index contributed by atoms with van der Waals surface area (Å²) in [6.07, 6.45) is 18.5. The Hall–Kier alpha value is -0.549. The van der Waals surface area contributed by atoms with E-state index in [1.54, 1.807) is 5.57 Å². The molecule has 4 nitrogen and oxygen atoms in total. The van der Waals surface area contributed by atoms with Gasteiger partial charge >= 0.3 is 0 Å². The summed E-state index contributed by atoms with van der Waals surface area (Å²) in [6, 6.07) is 0. The quantitative estimate of drug-likeness (QED) is 0.140. The van der Waals surface area contributed by atoms with Crippen LogP contribution >= 0.6 is 0 Å². The molecular formula is C47H88O4Si3. The summed E-state index contributed by atoms with van der Waals surface area (Å²) in [5.74, 6) is 2.27. The van der Waals surface area contributed by atoms with Crippen molar-refractivity contribution in [3.63, 3.8) is 0 Å². The van der Waals surface area contributed by atoms with Crippen molar-refractivity contribution >= 4 is 25.0 Å². The third-order valence-electron chi connectivity index (χ3n) is 16.1. The Balaban J connectivity index is 1.79. The lowest BCUT2D eigenvalue weighted by Crippen LogP contribution is -2.49. The molecular weight excluding hydrogens is 713 g/mol. The van der Waals surface area contributed by atoms with Crippen molar-refractivity contribution in [2.24, 2.45) is 29.1 Å². The first-order chi connectivity index (χ1) is 24.3. The number of hydrogen-bond acceptors (Lipinski definition) is 4. The zero-order valence-electron chi connectivity index (χ0n) is 39.0. The molecule has 7 atom stereocenters. The van der Waals surface area contributed by atoms with Crippen molar-refractivity contribution in [3.05, 3.63) is 47.6 Å². The maximum absolute atomic E-state index is 11.3. The van der Waals surface area contributed by atoms with Crippen LogP contribution in [0.25, 0.3) is 0 Å². The highest BCUT2D eigenvalue weighted by atomic mass is 28.4. The Morgan fingerprint density at radius 2 is 1.43 bits per heavy atom. The smallest absolute Gasteiger partial charge is 0.192 e. The highest BCUT2D eigenvalue weighted by Crippen LogP contribution is 2.59. The molecule has 54 heavy (non-hydrogen) atoms. The number of rotatable bonds is 14. The zero-order chi connectivity index (χ0) is 41.5. The molecule has 0 heterocycles. The van der Waals surface area contributed by atoms with Gasteiger partial charge in [0.2, 0.25) is 0 Å². The van der Waals surface area contributed by atoms with Gasteiger partial charge in [-0.3, -0.25) is 0 Å². The predicted molar refractivity (Wildman–Crippen MR) is 243 cm³/mol. The van der Waals surface area contributed by atoms with Crippen LogP contribution in [0.1, 0.15) is 141 Å². The van der Waals surface area contributed by atoms with E-state index in [1.807, 2.05) is 6.92 Å². The first-order valence-corrected chi connectivity index (χ1v) is 30.5. The minimum atomic E-state index is -2.00. The number of allylic oxidation sites excluding steroid dienone is 4. The second-order valence-corrected chi connectivity index (χ2v) is 37.1. The van der Waals surface area contributed by atoms with Gasteiger partial charge in [-0.1, -0.05) is 120 Å². The molecule has 0 spiro atoms. The van der Waals surface area contributed by atoms with Crippen LogP contribution in [0.3, 0.4) is 0 Å². The van der Waals surface area contributed by atoms with Crippen LogP contribution in [0.2, 0.25) is 54.4 Å². The Kier molecular flexibility index (Phi) is 15.0. The van der Waals surface area contributed by atoms with E-state index in [-0.39, 0.29) is 27.3 Å². The second-order valence-electron chi connectivity index (χ2n) is 23.0. The van der Waals surface area contributed by atoms with E-state index in [1.165, 1.54) is 43.3 Å². The summed E-state index contributed by atoms with van der Waals surface area (Å²) >= 11 is 0. The van der Waals surface area contributed by atoms with Gasteiger partial charge in [0, 0.05) is 6.42 Å². The van der Waals surface area contributed by atoms with Gasteiger partial charge in [0.15, 0.2) is 25.0 Å². The normalized spacial score (nSPS) is 30.1. The van der Waals surface area contributed by atoms with Crippen molar-refractivity contribution in [1.82, 2.24) is 0 Å². The van der Waals surface area contributed by atoms with Crippen LogP contribution in [0.4, 0.5) is 0 Å². The fourth-order valence-corrected chi connectivity index (χ4v) is 14.0. The Morgan fingerprint density at radius 1 is 0.852 bits per heavy atom. The Labute approximate surface area is 338 Å². The van der Waals surface area contributed by atoms with Gasteiger partial charge in [-0.05, 0) is 146 Å². The lowest BCUT2D eigenvalue weighted by molar-refractivity contribution is 0.00818. The molecule has 1 N–H and O–H groups in total. The van der Waals surface area contributed by atoms with E-state index >= 15 is 0 Å². The SMILES string of the molecule is C=C1C(=CC=C2CCC[C@]3(C)[C@@H]([C@H](C)C=CC[C@@](C)(O)CO[Si](C)(C)C(C)(C)C(C)C)CC[C@@H]23)C[C@@H](O[Si](C)(C)C(C)(C)C)C[C@@H]1O[Si](C)(C)C(C)(C)C. The fraction of sp³-hybridized carbons (Fsp3) is 0.830. The van der Waals surface area contributed by atoms with Crippen LogP contribution in [-0.2, 0) is 13.3 Å². The van der Waals surface area contributed by atoms with E-state index in [4.69, 9.17) is 19.9 Å². The predicted octanol–water partition coefficient (Wildman–Crippen LogP) is 14.2. The van der Waals surface area contributed by atoms with Crippen LogP contribution in [0, 0.1) is 29.1 Å². The van der Waals surface area contributed by atoms with E-state index < -0.39 is 30.6 Å². The number of fused-ring (bicyclic) bond motifs is 1. The molecule has 0 saturated heterocycles. The lowest BCUT2D eigenvalue weighted by atomic mass is 9.61. The standard InChI is InChI=1S/C47H88O4Si3/c1-34(2)45(11,12)54(19,20)49-33-46(13,48)29-21-23-35(3)40-27-28-41-37(24-22-30-47(40,41)14)25-26-38-31-39(50-52(15,16)43(5,6)7)32-42(36(38)4)51-53(17,18)44(8,9)10/h21,23,25-26,34-35,39-42,48H,4,22,24,27-33H2,1-3,5-20H3/t35-,39-,40-,41+,42+,46-,47-/m1/s1. The van der Waals surface area contributed by atoms with Crippen LogP contribution in [0.5, 0.6) is 0 Å². The first-order valence-electron chi connectivity index (χ1n) is 21.8. The van der Waals surface area contributed by atoms with Gasteiger partial charge in [0.1, 0.15) is 0 Å². The van der Waals surface area contributed by atoms with Gasteiger partial charge in [-0.2, -0.15) is 0 Å².